The molecule has 0 radical (unpaired) electrons. The van der Waals surface area contributed by atoms with Gasteiger partial charge in [-0.05, 0) is 37.1 Å². The van der Waals surface area contributed by atoms with Crippen LogP contribution in [0.5, 0.6) is 0 Å². The molecule has 3 rings (SSSR count). The van der Waals surface area contributed by atoms with E-state index >= 15 is 0 Å². The summed E-state index contributed by atoms with van der Waals surface area (Å²) in [6.07, 6.45) is 0. The number of rotatable bonds is 5. The van der Waals surface area contributed by atoms with Gasteiger partial charge in [0.15, 0.2) is 5.82 Å². The Kier molecular flexibility index (Phi) is 4.79. The van der Waals surface area contributed by atoms with E-state index in [9.17, 15) is 9.18 Å². The predicted molar refractivity (Wildman–Crippen MR) is 93.8 cm³/mol. The normalized spacial score (nSPS) is 11.8. The quantitative estimate of drug-likeness (QED) is 0.730. The Morgan fingerprint density at radius 1 is 1.12 bits per heavy atom. The molecule has 128 valence electrons. The molecule has 1 heterocycles. The van der Waals surface area contributed by atoms with Gasteiger partial charge >= 0.3 is 0 Å². The highest BCUT2D eigenvalue weighted by molar-refractivity contribution is 5.96. The number of aromatic nitrogens is 1. The van der Waals surface area contributed by atoms with E-state index < -0.39 is 6.04 Å². The van der Waals surface area contributed by atoms with Crippen molar-refractivity contribution < 1.29 is 13.7 Å². The molecular weight excluding hydrogens is 321 g/mol. The second kappa shape index (κ2) is 7.17. The molecule has 3 aromatic rings. The molecule has 5 nitrogen and oxygen atoms in total. The topological polar surface area (TPSA) is 67.2 Å². The van der Waals surface area contributed by atoms with Crippen molar-refractivity contribution >= 4 is 17.4 Å². The third kappa shape index (κ3) is 4.03. The van der Waals surface area contributed by atoms with Crippen LogP contribution in [0.15, 0.2) is 59.1 Å². The number of amides is 1. The molecule has 0 saturated heterocycles. The van der Waals surface area contributed by atoms with Crippen LogP contribution in [0.4, 0.5) is 15.9 Å². The van der Waals surface area contributed by atoms with Gasteiger partial charge in [-0.2, -0.15) is 0 Å². The van der Waals surface area contributed by atoms with Crippen molar-refractivity contribution in [3.05, 3.63) is 77.3 Å². The number of carbonyl (C=O) groups is 1. The first-order chi connectivity index (χ1) is 12.0. The molecule has 0 fully saturated rings. The van der Waals surface area contributed by atoms with Crippen LogP contribution < -0.4 is 10.6 Å². The number of nitrogens with zero attached hydrogens (tertiary/aromatic N) is 1. The van der Waals surface area contributed by atoms with Gasteiger partial charge in [0.1, 0.15) is 17.6 Å². The van der Waals surface area contributed by atoms with E-state index in [1.165, 1.54) is 6.07 Å². The summed E-state index contributed by atoms with van der Waals surface area (Å²) < 4.78 is 18.8. The maximum atomic E-state index is 13.8. The molecule has 1 amide bonds. The van der Waals surface area contributed by atoms with Gasteiger partial charge in [0, 0.05) is 11.8 Å². The van der Waals surface area contributed by atoms with Crippen molar-refractivity contribution in [3.8, 4) is 0 Å². The fraction of sp³-hybridized carbons (Fsp3) is 0.158. The maximum Gasteiger partial charge on any atom is 0.252 e. The van der Waals surface area contributed by atoms with Crippen LogP contribution in [0.25, 0.3) is 0 Å². The summed E-state index contributed by atoms with van der Waals surface area (Å²) >= 11 is 0. The smallest absolute Gasteiger partial charge is 0.252 e. The standard InChI is InChI=1S/C19H18FN3O2/c1-12-8-9-15(11-16(12)20)21-18(14-6-4-3-5-7-14)19(24)22-17-10-13(2)25-23-17/h3-11,18,21H,1-2H3,(H,22,23,24). The Balaban J connectivity index is 1.86. The van der Waals surface area contributed by atoms with E-state index in [0.29, 0.717) is 22.8 Å². The third-order valence-corrected chi connectivity index (χ3v) is 3.76. The minimum atomic E-state index is -0.708. The zero-order valence-corrected chi connectivity index (χ0v) is 13.9. The summed E-state index contributed by atoms with van der Waals surface area (Å²) in [4.78, 5) is 12.7. The van der Waals surface area contributed by atoms with Gasteiger partial charge in [-0.15, -0.1) is 0 Å². The van der Waals surface area contributed by atoms with E-state index in [4.69, 9.17) is 4.52 Å². The van der Waals surface area contributed by atoms with E-state index in [2.05, 4.69) is 15.8 Å². The summed E-state index contributed by atoms with van der Waals surface area (Å²) in [6.45, 7) is 3.43. The molecule has 0 aliphatic rings. The number of hydrogen-bond acceptors (Lipinski definition) is 4. The first-order valence-electron chi connectivity index (χ1n) is 7.85. The van der Waals surface area contributed by atoms with Crippen LogP contribution in [0, 0.1) is 19.7 Å². The van der Waals surface area contributed by atoms with Crippen LogP contribution >= 0.6 is 0 Å². The molecule has 0 aliphatic heterocycles. The number of nitrogens with one attached hydrogen (secondary N) is 2. The van der Waals surface area contributed by atoms with Crippen molar-refractivity contribution in [1.29, 1.82) is 0 Å². The number of hydrogen-bond donors (Lipinski definition) is 2. The second-order valence-electron chi connectivity index (χ2n) is 5.76. The molecule has 2 N–H and O–H groups in total. The molecule has 6 heteroatoms. The van der Waals surface area contributed by atoms with E-state index in [1.54, 1.807) is 32.0 Å². The predicted octanol–water partition coefficient (Wildman–Crippen LogP) is 4.22. The lowest BCUT2D eigenvalue weighted by Crippen LogP contribution is -2.27. The van der Waals surface area contributed by atoms with Crippen LogP contribution in [0.3, 0.4) is 0 Å². The minimum absolute atomic E-state index is 0.319. The van der Waals surface area contributed by atoms with Crippen molar-refractivity contribution in [3.63, 3.8) is 0 Å². The number of halogens is 1. The van der Waals surface area contributed by atoms with Gasteiger partial charge in [-0.25, -0.2) is 4.39 Å². The minimum Gasteiger partial charge on any atom is -0.370 e. The summed E-state index contributed by atoms with van der Waals surface area (Å²) in [5, 5.41) is 9.56. The summed E-state index contributed by atoms with van der Waals surface area (Å²) in [7, 11) is 0. The van der Waals surface area contributed by atoms with Crippen LogP contribution in [-0.4, -0.2) is 11.1 Å². The molecule has 0 bridgehead atoms. The first kappa shape index (κ1) is 16.7. The number of benzene rings is 2. The lowest BCUT2D eigenvalue weighted by atomic mass is 10.1. The zero-order valence-electron chi connectivity index (χ0n) is 13.9. The van der Waals surface area contributed by atoms with Gasteiger partial charge in [-0.1, -0.05) is 41.6 Å². The molecular formula is C19H18FN3O2. The zero-order chi connectivity index (χ0) is 17.8. The number of aryl methyl sites for hydroxylation is 2. The summed E-state index contributed by atoms with van der Waals surface area (Å²) in [6, 6.07) is 14.9. The van der Waals surface area contributed by atoms with Gasteiger partial charge in [0.05, 0.1) is 0 Å². The van der Waals surface area contributed by atoms with Crippen molar-refractivity contribution in [2.75, 3.05) is 10.6 Å². The monoisotopic (exact) mass is 339 g/mol. The molecule has 0 aliphatic carbocycles. The highest BCUT2D eigenvalue weighted by atomic mass is 19.1. The highest BCUT2D eigenvalue weighted by Crippen LogP contribution is 2.23. The van der Waals surface area contributed by atoms with Crippen molar-refractivity contribution in [2.45, 2.75) is 19.9 Å². The average Bonchev–Trinajstić information content (AvgIpc) is 3.01. The molecule has 1 aromatic heterocycles. The molecule has 0 spiro atoms. The van der Waals surface area contributed by atoms with Crippen LogP contribution in [-0.2, 0) is 4.79 Å². The molecule has 0 saturated carbocycles. The summed E-state index contributed by atoms with van der Waals surface area (Å²) in [5.74, 6) is 0.283. The Bertz CT molecular complexity index is 877. The molecule has 1 unspecified atom stereocenters. The van der Waals surface area contributed by atoms with Gasteiger partial charge in [0.25, 0.3) is 5.91 Å². The molecule has 25 heavy (non-hydrogen) atoms. The fourth-order valence-corrected chi connectivity index (χ4v) is 2.42. The number of carbonyl (C=O) groups excluding carboxylic acids is 1. The summed E-state index contributed by atoms with van der Waals surface area (Å²) in [5.41, 5.74) is 1.81. The lowest BCUT2D eigenvalue weighted by molar-refractivity contribution is -0.117. The van der Waals surface area contributed by atoms with Crippen LogP contribution in [0.1, 0.15) is 22.9 Å². The number of anilines is 2. The van der Waals surface area contributed by atoms with Gasteiger partial charge in [-0.3, -0.25) is 4.79 Å². The van der Waals surface area contributed by atoms with Gasteiger partial charge in [0.2, 0.25) is 0 Å². The third-order valence-electron chi connectivity index (χ3n) is 3.76. The van der Waals surface area contributed by atoms with E-state index in [1.807, 2.05) is 30.3 Å². The van der Waals surface area contributed by atoms with Crippen LogP contribution in [0.2, 0.25) is 0 Å². The van der Waals surface area contributed by atoms with Crippen molar-refractivity contribution in [1.82, 2.24) is 5.16 Å². The molecule has 2 aromatic carbocycles. The fourth-order valence-electron chi connectivity index (χ4n) is 2.42. The molecule has 1 atom stereocenters. The largest absolute Gasteiger partial charge is 0.370 e. The SMILES string of the molecule is Cc1cc(NC(=O)C(Nc2ccc(C)c(F)c2)c2ccccc2)no1. The maximum absolute atomic E-state index is 13.8. The lowest BCUT2D eigenvalue weighted by Gasteiger charge is -2.19. The second-order valence-corrected chi connectivity index (χ2v) is 5.76. The first-order valence-corrected chi connectivity index (χ1v) is 7.85. The van der Waals surface area contributed by atoms with E-state index in [0.717, 1.165) is 5.56 Å². The Morgan fingerprint density at radius 3 is 2.52 bits per heavy atom. The van der Waals surface area contributed by atoms with Gasteiger partial charge < -0.3 is 15.2 Å². The van der Waals surface area contributed by atoms with E-state index in [-0.39, 0.29) is 11.7 Å². The van der Waals surface area contributed by atoms with Crippen molar-refractivity contribution in [2.24, 2.45) is 0 Å². The Morgan fingerprint density at radius 2 is 1.88 bits per heavy atom. The average molecular weight is 339 g/mol. The Labute approximate surface area is 144 Å². The highest BCUT2D eigenvalue weighted by Gasteiger charge is 2.22. The Hall–Kier alpha value is -3.15.